The summed E-state index contributed by atoms with van der Waals surface area (Å²) in [4.78, 5) is 0. The van der Waals surface area contributed by atoms with Crippen LogP contribution in [0.25, 0.3) is 0 Å². The summed E-state index contributed by atoms with van der Waals surface area (Å²) in [6, 6.07) is 0. The summed E-state index contributed by atoms with van der Waals surface area (Å²) < 4.78 is 21.7. The topological polar surface area (TPSA) is 85.0 Å². The van der Waals surface area contributed by atoms with Crippen LogP contribution in [0.2, 0.25) is 0 Å². The monoisotopic (exact) mass is 380 g/mol. The lowest BCUT2D eigenvalue weighted by Gasteiger charge is -2.13. The predicted molar refractivity (Wildman–Crippen MR) is 100 cm³/mol. The van der Waals surface area contributed by atoms with E-state index in [2.05, 4.69) is 21.3 Å². The Hall–Kier alpha value is -0.780. The molecule has 1 fully saturated rings. The standard InChI is InChI=1S/C14H28N4O4S2/c23-13-15-1-2-16-14(24)18-4-6-20-8-10-22-12-11-21-9-7-19-5-3-17-13/h1-12H2,(H2,15,17,23)(H2,16,18,24). The normalized spacial score (nSPS) is 21.8. The second-order valence-electron chi connectivity index (χ2n) is 4.81. The first-order chi connectivity index (χ1) is 11.8. The molecular formula is C14H28N4O4S2. The van der Waals surface area contributed by atoms with Crippen LogP contribution >= 0.6 is 24.4 Å². The molecule has 1 saturated heterocycles. The van der Waals surface area contributed by atoms with Crippen molar-refractivity contribution in [1.82, 2.24) is 21.3 Å². The zero-order valence-electron chi connectivity index (χ0n) is 13.9. The Balaban J connectivity index is 2.17. The Morgan fingerprint density at radius 2 is 0.750 bits per heavy atom. The molecule has 0 bridgehead atoms. The highest BCUT2D eigenvalue weighted by Gasteiger charge is 1.98. The van der Waals surface area contributed by atoms with E-state index < -0.39 is 0 Å². The number of thiocarbonyl (C=S) groups is 2. The van der Waals surface area contributed by atoms with E-state index in [9.17, 15) is 0 Å². The molecule has 4 N–H and O–H groups in total. The minimum absolute atomic E-state index is 0.553. The highest BCUT2D eigenvalue weighted by molar-refractivity contribution is 7.80. The molecule has 0 aromatic heterocycles. The molecule has 0 atom stereocenters. The summed E-state index contributed by atoms with van der Waals surface area (Å²) in [5.74, 6) is 0. The third kappa shape index (κ3) is 13.6. The number of rotatable bonds is 0. The largest absolute Gasteiger partial charge is 0.377 e. The molecule has 1 aliphatic rings. The highest BCUT2D eigenvalue weighted by atomic mass is 32.1. The Morgan fingerprint density at radius 1 is 0.458 bits per heavy atom. The van der Waals surface area contributed by atoms with E-state index in [1.54, 1.807) is 0 Å². The van der Waals surface area contributed by atoms with Gasteiger partial charge in [-0.1, -0.05) is 0 Å². The summed E-state index contributed by atoms with van der Waals surface area (Å²) in [6.45, 7) is 7.14. The average molecular weight is 381 g/mol. The van der Waals surface area contributed by atoms with E-state index in [4.69, 9.17) is 43.4 Å². The van der Waals surface area contributed by atoms with Gasteiger partial charge in [-0.05, 0) is 24.4 Å². The van der Waals surface area contributed by atoms with E-state index in [0.717, 1.165) is 0 Å². The lowest BCUT2D eigenvalue weighted by molar-refractivity contribution is -0.000629. The van der Waals surface area contributed by atoms with Gasteiger partial charge in [-0.25, -0.2) is 0 Å². The molecule has 1 rings (SSSR count). The summed E-state index contributed by atoms with van der Waals surface area (Å²) in [6.07, 6.45) is 0. The van der Waals surface area contributed by atoms with E-state index in [0.29, 0.717) is 89.3 Å². The Labute approximate surface area is 154 Å². The van der Waals surface area contributed by atoms with Crippen molar-refractivity contribution in [2.24, 2.45) is 0 Å². The van der Waals surface area contributed by atoms with Crippen molar-refractivity contribution in [1.29, 1.82) is 0 Å². The molecule has 140 valence electrons. The molecule has 0 aromatic carbocycles. The SMILES string of the molecule is S=C1NCCNC(=S)NCCOCCOCCOCCOCCN1. The third-order valence-corrected chi connectivity index (χ3v) is 3.45. The molecule has 0 aliphatic carbocycles. The van der Waals surface area contributed by atoms with Gasteiger partial charge in [-0.15, -0.1) is 0 Å². The van der Waals surface area contributed by atoms with Crippen molar-refractivity contribution in [2.75, 3.05) is 79.0 Å². The molecule has 10 heteroatoms. The molecule has 0 unspecified atom stereocenters. The van der Waals surface area contributed by atoms with Gasteiger partial charge in [0.15, 0.2) is 10.2 Å². The van der Waals surface area contributed by atoms with Gasteiger partial charge in [-0.2, -0.15) is 0 Å². The summed E-state index contributed by atoms with van der Waals surface area (Å²) >= 11 is 10.3. The van der Waals surface area contributed by atoms with Crippen molar-refractivity contribution >= 4 is 34.7 Å². The van der Waals surface area contributed by atoms with E-state index in [1.165, 1.54) is 0 Å². The number of ether oxygens (including phenoxy) is 4. The minimum atomic E-state index is 0.553. The molecule has 1 aliphatic heterocycles. The number of hydrogen-bond acceptors (Lipinski definition) is 6. The Bertz CT molecular complexity index is 319. The van der Waals surface area contributed by atoms with E-state index in [1.807, 2.05) is 0 Å². The first kappa shape index (κ1) is 21.3. The molecule has 0 aromatic rings. The quantitative estimate of drug-likeness (QED) is 0.393. The molecule has 0 saturated carbocycles. The van der Waals surface area contributed by atoms with Crippen molar-refractivity contribution in [3.63, 3.8) is 0 Å². The van der Waals surface area contributed by atoms with Crippen LogP contribution in [-0.4, -0.2) is 89.3 Å². The molecule has 0 radical (unpaired) electrons. The fourth-order valence-electron chi connectivity index (χ4n) is 1.71. The van der Waals surface area contributed by atoms with Crippen LogP contribution in [-0.2, 0) is 18.9 Å². The second-order valence-corrected chi connectivity index (χ2v) is 5.63. The Morgan fingerprint density at radius 3 is 1.12 bits per heavy atom. The minimum Gasteiger partial charge on any atom is -0.377 e. The van der Waals surface area contributed by atoms with Gasteiger partial charge in [-0.3, -0.25) is 0 Å². The maximum Gasteiger partial charge on any atom is 0.166 e. The van der Waals surface area contributed by atoms with Gasteiger partial charge in [0.1, 0.15) is 0 Å². The first-order valence-corrected chi connectivity index (χ1v) is 8.95. The molecule has 8 nitrogen and oxygen atoms in total. The van der Waals surface area contributed by atoms with Crippen molar-refractivity contribution < 1.29 is 18.9 Å². The molecule has 0 amide bonds. The Kier molecular flexibility index (Phi) is 13.9. The van der Waals surface area contributed by atoms with E-state index >= 15 is 0 Å². The molecule has 0 spiro atoms. The average Bonchev–Trinajstić information content (AvgIpc) is 2.57. The highest BCUT2D eigenvalue weighted by Crippen LogP contribution is 1.83. The summed E-state index contributed by atoms with van der Waals surface area (Å²) in [5.41, 5.74) is 0. The van der Waals surface area contributed by atoms with Gasteiger partial charge in [0.25, 0.3) is 0 Å². The van der Waals surface area contributed by atoms with Gasteiger partial charge in [0.05, 0.1) is 52.9 Å². The maximum atomic E-state index is 5.43. The van der Waals surface area contributed by atoms with Gasteiger partial charge < -0.3 is 40.2 Å². The maximum absolute atomic E-state index is 5.43. The van der Waals surface area contributed by atoms with Crippen LogP contribution in [0.5, 0.6) is 0 Å². The number of hydrogen-bond donors (Lipinski definition) is 4. The molecular weight excluding hydrogens is 352 g/mol. The van der Waals surface area contributed by atoms with Crippen LogP contribution in [0, 0.1) is 0 Å². The molecule has 24 heavy (non-hydrogen) atoms. The predicted octanol–water partition coefficient (Wildman–Crippen LogP) is -1.01. The smallest absolute Gasteiger partial charge is 0.166 e. The van der Waals surface area contributed by atoms with Crippen molar-refractivity contribution in [2.45, 2.75) is 0 Å². The third-order valence-electron chi connectivity index (χ3n) is 2.88. The van der Waals surface area contributed by atoms with Crippen LogP contribution in [0.1, 0.15) is 0 Å². The van der Waals surface area contributed by atoms with Gasteiger partial charge >= 0.3 is 0 Å². The summed E-state index contributed by atoms with van der Waals surface area (Å²) in [5, 5.41) is 13.5. The van der Waals surface area contributed by atoms with Crippen LogP contribution in [0.15, 0.2) is 0 Å². The fraction of sp³-hybridized carbons (Fsp3) is 0.857. The zero-order chi connectivity index (χ0) is 17.3. The van der Waals surface area contributed by atoms with Crippen LogP contribution in [0.4, 0.5) is 0 Å². The lowest BCUT2D eigenvalue weighted by atomic mass is 10.6. The fourth-order valence-corrected chi connectivity index (χ4v) is 2.12. The van der Waals surface area contributed by atoms with Gasteiger partial charge in [0, 0.05) is 26.2 Å². The van der Waals surface area contributed by atoms with E-state index in [-0.39, 0.29) is 0 Å². The first-order valence-electron chi connectivity index (χ1n) is 8.13. The number of nitrogens with one attached hydrogen (secondary N) is 4. The van der Waals surface area contributed by atoms with Crippen molar-refractivity contribution in [3.05, 3.63) is 0 Å². The van der Waals surface area contributed by atoms with Gasteiger partial charge in [0.2, 0.25) is 0 Å². The second kappa shape index (κ2) is 15.7. The van der Waals surface area contributed by atoms with Crippen LogP contribution in [0.3, 0.4) is 0 Å². The van der Waals surface area contributed by atoms with Crippen molar-refractivity contribution in [3.8, 4) is 0 Å². The lowest BCUT2D eigenvalue weighted by Crippen LogP contribution is -2.43. The van der Waals surface area contributed by atoms with Crippen LogP contribution < -0.4 is 21.3 Å². The zero-order valence-corrected chi connectivity index (χ0v) is 15.6. The summed E-state index contributed by atoms with van der Waals surface area (Å²) in [7, 11) is 0. The molecule has 1 heterocycles.